The summed E-state index contributed by atoms with van der Waals surface area (Å²) in [5, 5.41) is 3.06. The molecule has 2 bridgehead atoms. The zero-order valence-electron chi connectivity index (χ0n) is 5.71. The third-order valence-electron chi connectivity index (χ3n) is 2.38. The van der Waals surface area contributed by atoms with Gasteiger partial charge < -0.3 is 5.32 Å². The molecule has 2 heterocycles. The molecule has 58 valence electrons. The smallest absolute Gasteiger partial charge is 0.154 e. The second kappa shape index (κ2) is 1.95. The van der Waals surface area contributed by atoms with Crippen molar-refractivity contribution in [3.63, 3.8) is 0 Å². The molecule has 2 aliphatic rings. The Labute approximate surface area is 60.7 Å². The van der Waals surface area contributed by atoms with E-state index < -0.39 is 9.84 Å². The van der Waals surface area contributed by atoms with E-state index in [1.54, 1.807) is 0 Å². The molecule has 2 fully saturated rings. The van der Waals surface area contributed by atoms with Gasteiger partial charge in [-0.15, -0.1) is 0 Å². The Bertz CT molecular complexity index is 234. The molecular formula is C6H11NO2S. The average Bonchev–Trinajstić information content (AvgIpc) is 2.04. The molecule has 3 nitrogen and oxygen atoms in total. The molecule has 2 rings (SSSR count). The van der Waals surface area contributed by atoms with Crippen LogP contribution in [0.15, 0.2) is 0 Å². The third kappa shape index (κ3) is 0.864. The van der Waals surface area contributed by atoms with Gasteiger partial charge in [-0.25, -0.2) is 8.42 Å². The summed E-state index contributed by atoms with van der Waals surface area (Å²) in [7, 11) is -2.69. The monoisotopic (exact) mass is 161 g/mol. The van der Waals surface area contributed by atoms with Crippen LogP contribution in [0.1, 0.15) is 6.42 Å². The van der Waals surface area contributed by atoms with Gasteiger partial charge in [0.15, 0.2) is 9.84 Å². The second-order valence-corrected chi connectivity index (χ2v) is 5.54. The number of hydrogen-bond donors (Lipinski definition) is 1. The van der Waals surface area contributed by atoms with Gasteiger partial charge in [0.2, 0.25) is 0 Å². The van der Waals surface area contributed by atoms with Gasteiger partial charge in [-0.3, -0.25) is 0 Å². The molecule has 0 aromatic heterocycles. The Morgan fingerprint density at radius 3 is 2.70 bits per heavy atom. The summed E-state index contributed by atoms with van der Waals surface area (Å²) in [4.78, 5) is 0. The number of fused-ring (bicyclic) bond motifs is 2. The van der Waals surface area contributed by atoms with Gasteiger partial charge in [0.25, 0.3) is 0 Å². The van der Waals surface area contributed by atoms with Crippen molar-refractivity contribution in [2.75, 3.05) is 18.8 Å². The molecule has 0 aliphatic carbocycles. The van der Waals surface area contributed by atoms with Gasteiger partial charge in [0.1, 0.15) is 0 Å². The Kier molecular flexibility index (Phi) is 1.29. The maximum Gasteiger partial charge on any atom is 0.154 e. The van der Waals surface area contributed by atoms with Gasteiger partial charge in [0.05, 0.1) is 11.0 Å². The van der Waals surface area contributed by atoms with Gasteiger partial charge in [-0.1, -0.05) is 0 Å². The Balaban J connectivity index is 2.32. The van der Waals surface area contributed by atoms with Gasteiger partial charge >= 0.3 is 0 Å². The van der Waals surface area contributed by atoms with Crippen LogP contribution in [0.5, 0.6) is 0 Å². The molecular weight excluding hydrogens is 150 g/mol. The first-order chi connectivity index (χ1) is 4.68. The number of hydrogen-bond acceptors (Lipinski definition) is 3. The minimum Gasteiger partial charge on any atom is -0.315 e. The van der Waals surface area contributed by atoms with E-state index in [1.165, 1.54) is 0 Å². The van der Waals surface area contributed by atoms with Crippen LogP contribution >= 0.6 is 0 Å². The highest BCUT2D eigenvalue weighted by Gasteiger charge is 2.40. The molecule has 2 saturated heterocycles. The lowest BCUT2D eigenvalue weighted by Gasteiger charge is -2.16. The summed E-state index contributed by atoms with van der Waals surface area (Å²) < 4.78 is 22.4. The summed E-state index contributed by atoms with van der Waals surface area (Å²) in [6, 6.07) is 0. The molecule has 0 unspecified atom stereocenters. The standard InChI is InChI=1S/C6H11NO2S/c8-10(9)4-5-1-6(10)3-7-2-5/h5-7H,1-4H2/t5-,6+/m1/s1. The molecule has 2 atom stereocenters. The van der Waals surface area contributed by atoms with Crippen molar-refractivity contribution < 1.29 is 8.42 Å². The summed E-state index contributed by atoms with van der Waals surface area (Å²) in [5.41, 5.74) is 0. The van der Waals surface area contributed by atoms with Crippen molar-refractivity contribution in [1.82, 2.24) is 5.32 Å². The maximum absolute atomic E-state index is 11.2. The van der Waals surface area contributed by atoms with E-state index in [4.69, 9.17) is 0 Å². The lowest BCUT2D eigenvalue weighted by molar-refractivity contribution is 0.440. The van der Waals surface area contributed by atoms with Crippen molar-refractivity contribution in [3.05, 3.63) is 0 Å². The molecule has 0 amide bonds. The van der Waals surface area contributed by atoms with E-state index in [0.29, 0.717) is 18.2 Å². The summed E-state index contributed by atoms with van der Waals surface area (Å²) in [5.74, 6) is 0.828. The highest BCUT2D eigenvalue weighted by Crippen LogP contribution is 2.27. The van der Waals surface area contributed by atoms with E-state index in [1.807, 2.05) is 0 Å². The van der Waals surface area contributed by atoms with E-state index >= 15 is 0 Å². The molecule has 0 saturated carbocycles. The Hall–Kier alpha value is -0.0900. The van der Waals surface area contributed by atoms with Crippen LogP contribution < -0.4 is 5.32 Å². The molecule has 1 N–H and O–H groups in total. The van der Waals surface area contributed by atoms with Gasteiger partial charge in [0, 0.05) is 6.54 Å². The van der Waals surface area contributed by atoms with E-state index in [0.717, 1.165) is 13.0 Å². The number of nitrogens with one attached hydrogen (secondary N) is 1. The Morgan fingerprint density at radius 2 is 2.10 bits per heavy atom. The largest absolute Gasteiger partial charge is 0.315 e. The average molecular weight is 161 g/mol. The maximum atomic E-state index is 11.2. The zero-order valence-corrected chi connectivity index (χ0v) is 6.52. The van der Waals surface area contributed by atoms with Crippen LogP contribution in [0.25, 0.3) is 0 Å². The Morgan fingerprint density at radius 1 is 1.30 bits per heavy atom. The number of sulfone groups is 1. The molecule has 0 spiro atoms. The fraction of sp³-hybridized carbons (Fsp3) is 1.00. The summed E-state index contributed by atoms with van der Waals surface area (Å²) >= 11 is 0. The molecule has 0 aromatic carbocycles. The van der Waals surface area contributed by atoms with Crippen molar-refractivity contribution in [2.24, 2.45) is 5.92 Å². The first kappa shape index (κ1) is 6.61. The molecule has 0 radical (unpaired) electrons. The van der Waals surface area contributed by atoms with E-state index in [-0.39, 0.29) is 5.25 Å². The van der Waals surface area contributed by atoms with E-state index in [9.17, 15) is 8.42 Å². The minimum absolute atomic E-state index is 0.0637. The molecule has 0 aromatic rings. The van der Waals surface area contributed by atoms with Crippen LogP contribution in [0.2, 0.25) is 0 Å². The van der Waals surface area contributed by atoms with Gasteiger partial charge in [-0.05, 0) is 18.9 Å². The SMILES string of the molecule is O=S1(=O)C[C@H]2CNC[C@@H]1C2. The number of rotatable bonds is 0. The van der Waals surface area contributed by atoms with Crippen LogP contribution in [-0.4, -0.2) is 32.5 Å². The normalized spacial score (nSPS) is 43.6. The zero-order chi connectivity index (χ0) is 7.19. The topological polar surface area (TPSA) is 46.2 Å². The van der Waals surface area contributed by atoms with Crippen molar-refractivity contribution in [3.8, 4) is 0 Å². The third-order valence-corrected chi connectivity index (χ3v) is 4.69. The minimum atomic E-state index is -2.69. The van der Waals surface area contributed by atoms with Crippen LogP contribution in [0.3, 0.4) is 0 Å². The molecule has 10 heavy (non-hydrogen) atoms. The predicted octanol–water partition coefficient (Wildman–Crippen LogP) is -0.607. The van der Waals surface area contributed by atoms with Crippen molar-refractivity contribution >= 4 is 9.84 Å². The van der Waals surface area contributed by atoms with Crippen molar-refractivity contribution in [2.45, 2.75) is 11.7 Å². The predicted molar refractivity (Wildman–Crippen MR) is 38.6 cm³/mol. The summed E-state index contributed by atoms with van der Waals surface area (Å²) in [6.45, 7) is 1.58. The van der Waals surface area contributed by atoms with Crippen LogP contribution in [0, 0.1) is 5.92 Å². The highest BCUT2D eigenvalue weighted by atomic mass is 32.2. The van der Waals surface area contributed by atoms with Crippen LogP contribution in [-0.2, 0) is 9.84 Å². The second-order valence-electron chi connectivity index (χ2n) is 3.21. The fourth-order valence-corrected chi connectivity index (χ4v) is 3.97. The highest BCUT2D eigenvalue weighted by molar-refractivity contribution is 7.92. The first-order valence-corrected chi connectivity index (χ1v) is 5.32. The quantitative estimate of drug-likeness (QED) is 0.515. The van der Waals surface area contributed by atoms with Gasteiger partial charge in [-0.2, -0.15) is 0 Å². The van der Waals surface area contributed by atoms with Crippen molar-refractivity contribution in [1.29, 1.82) is 0 Å². The summed E-state index contributed by atoms with van der Waals surface area (Å²) in [6.07, 6.45) is 0.898. The lowest BCUT2D eigenvalue weighted by Crippen LogP contribution is -2.35. The molecule has 2 aliphatic heterocycles. The van der Waals surface area contributed by atoms with Crippen LogP contribution in [0.4, 0.5) is 0 Å². The fourth-order valence-electron chi connectivity index (χ4n) is 1.85. The number of piperidine rings is 1. The lowest BCUT2D eigenvalue weighted by atomic mass is 10.0. The van der Waals surface area contributed by atoms with E-state index in [2.05, 4.69) is 5.32 Å². The molecule has 4 heteroatoms. The first-order valence-electron chi connectivity index (χ1n) is 3.61.